The lowest BCUT2D eigenvalue weighted by molar-refractivity contribution is -0.131. The van der Waals surface area contributed by atoms with Crippen molar-refractivity contribution in [3.63, 3.8) is 0 Å². The Morgan fingerprint density at radius 2 is 1.98 bits per heavy atom. The minimum absolute atomic E-state index is 0.218. The number of rotatable bonds is 8. The van der Waals surface area contributed by atoms with E-state index >= 15 is 0 Å². The van der Waals surface area contributed by atoms with Gasteiger partial charge in [-0.05, 0) is 56.0 Å². The van der Waals surface area contributed by atoms with Crippen molar-refractivity contribution in [1.29, 1.82) is 5.26 Å². The number of fused-ring (bicyclic) bond motifs is 1. The van der Waals surface area contributed by atoms with E-state index in [9.17, 15) is 27.6 Å². The molecule has 0 unspecified atom stereocenters. The maximum absolute atomic E-state index is 13.7. The number of benzene rings is 2. The SMILES string of the molecule is Cc1cc(-c2cnc3c(NCCC(F)(F)F)cc(Oc4cccc(F)c4)cn23)ccc1C(=O)NC1(C#N)CCC1. The quantitative estimate of drug-likeness (QED) is 0.236. The van der Waals surface area contributed by atoms with Crippen LogP contribution in [0.1, 0.15) is 41.6 Å². The summed E-state index contributed by atoms with van der Waals surface area (Å²) in [5.41, 5.74) is 2.25. The van der Waals surface area contributed by atoms with Gasteiger partial charge in [0.2, 0.25) is 0 Å². The van der Waals surface area contributed by atoms with Crippen LogP contribution in [0.2, 0.25) is 0 Å². The first-order chi connectivity index (χ1) is 19.1. The largest absolute Gasteiger partial charge is 0.456 e. The van der Waals surface area contributed by atoms with E-state index in [1.165, 1.54) is 24.3 Å². The van der Waals surface area contributed by atoms with E-state index in [4.69, 9.17) is 4.74 Å². The Hall–Kier alpha value is -4.59. The maximum Gasteiger partial charge on any atom is 0.390 e. The molecule has 40 heavy (non-hydrogen) atoms. The summed E-state index contributed by atoms with van der Waals surface area (Å²) in [4.78, 5) is 17.3. The van der Waals surface area contributed by atoms with Gasteiger partial charge in [-0.15, -0.1) is 0 Å². The number of aryl methyl sites for hydroxylation is 1. The van der Waals surface area contributed by atoms with Crippen molar-refractivity contribution < 1.29 is 27.1 Å². The molecule has 0 spiro atoms. The van der Waals surface area contributed by atoms with Gasteiger partial charge in [-0.2, -0.15) is 18.4 Å². The van der Waals surface area contributed by atoms with Crippen LogP contribution in [0.3, 0.4) is 0 Å². The van der Waals surface area contributed by atoms with Gasteiger partial charge in [0.05, 0.1) is 36.3 Å². The minimum Gasteiger partial charge on any atom is -0.456 e. The summed E-state index contributed by atoms with van der Waals surface area (Å²) in [5.74, 6) is -0.356. The fraction of sp³-hybridized carbons (Fsp3) is 0.276. The Balaban J connectivity index is 1.49. The predicted molar refractivity (Wildman–Crippen MR) is 141 cm³/mol. The molecule has 2 aromatic heterocycles. The molecular formula is C29H25F4N5O2. The van der Waals surface area contributed by atoms with E-state index < -0.39 is 24.0 Å². The number of imidazole rings is 1. The van der Waals surface area contributed by atoms with E-state index in [0.717, 1.165) is 6.42 Å². The van der Waals surface area contributed by atoms with Crippen molar-refractivity contribution in [1.82, 2.24) is 14.7 Å². The lowest BCUT2D eigenvalue weighted by Crippen LogP contribution is -2.52. The van der Waals surface area contributed by atoms with Crippen molar-refractivity contribution >= 4 is 17.2 Å². The monoisotopic (exact) mass is 551 g/mol. The zero-order chi connectivity index (χ0) is 28.5. The smallest absolute Gasteiger partial charge is 0.390 e. The third kappa shape index (κ3) is 5.71. The van der Waals surface area contributed by atoms with E-state index in [0.29, 0.717) is 46.6 Å². The zero-order valence-electron chi connectivity index (χ0n) is 21.5. The number of ether oxygens (including phenoxy) is 1. The fourth-order valence-corrected chi connectivity index (χ4v) is 4.62. The average molecular weight is 552 g/mol. The van der Waals surface area contributed by atoms with E-state index in [1.54, 1.807) is 48.0 Å². The molecule has 5 rings (SSSR count). The number of alkyl halides is 3. The molecule has 1 amide bonds. The standard InChI is InChI=1S/C29H25F4N5O2/c1-18-12-19(6-7-23(18)27(39)37-28(17-34)8-3-9-28)25-15-36-26-24(35-11-10-29(31,32)33)14-22(16-38(25)26)40-21-5-2-4-20(30)13-21/h2,4-7,12-16,35H,3,8-11H2,1H3,(H,37,39). The van der Waals surface area contributed by atoms with Gasteiger partial charge in [0.1, 0.15) is 22.9 Å². The molecule has 0 saturated heterocycles. The fourth-order valence-electron chi connectivity index (χ4n) is 4.62. The Labute approximate surface area is 227 Å². The third-order valence-corrected chi connectivity index (χ3v) is 6.88. The molecule has 0 bridgehead atoms. The Bertz CT molecular complexity index is 1620. The molecule has 11 heteroatoms. The van der Waals surface area contributed by atoms with E-state index in [-0.39, 0.29) is 24.0 Å². The summed E-state index contributed by atoms with van der Waals surface area (Å²) in [5, 5.41) is 15.1. The molecule has 1 aliphatic rings. The number of carbonyl (C=O) groups is 1. The summed E-state index contributed by atoms with van der Waals surface area (Å²) < 4.78 is 59.6. The van der Waals surface area contributed by atoms with Gasteiger partial charge in [0.25, 0.3) is 5.91 Å². The molecule has 2 heterocycles. The van der Waals surface area contributed by atoms with Gasteiger partial charge < -0.3 is 15.4 Å². The maximum atomic E-state index is 13.7. The molecule has 1 fully saturated rings. The number of carbonyl (C=O) groups excluding carboxylic acids is 1. The lowest BCUT2D eigenvalue weighted by Gasteiger charge is -2.35. The number of halogens is 4. The van der Waals surface area contributed by atoms with Gasteiger partial charge in [-0.25, -0.2) is 9.37 Å². The summed E-state index contributed by atoms with van der Waals surface area (Å²) in [7, 11) is 0. The highest BCUT2D eigenvalue weighted by atomic mass is 19.4. The van der Waals surface area contributed by atoms with Crippen LogP contribution in [-0.2, 0) is 0 Å². The average Bonchev–Trinajstić information content (AvgIpc) is 3.29. The molecule has 0 radical (unpaired) electrons. The van der Waals surface area contributed by atoms with Gasteiger partial charge in [0.15, 0.2) is 5.65 Å². The Morgan fingerprint density at radius 3 is 2.62 bits per heavy atom. The number of anilines is 1. The van der Waals surface area contributed by atoms with E-state index in [1.807, 2.05) is 0 Å². The van der Waals surface area contributed by atoms with Crippen LogP contribution in [0.25, 0.3) is 16.9 Å². The number of aromatic nitrogens is 2. The van der Waals surface area contributed by atoms with Crippen LogP contribution in [0, 0.1) is 24.1 Å². The second-order valence-corrected chi connectivity index (χ2v) is 9.81. The van der Waals surface area contributed by atoms with Gasteiger partial charge >= 0.3 is 6.18 Å². The van der Waals surface area contributed by atoms with Crippen LogP contribution < -0.4 is 15.4 Å². The topological polar surface area (TPSA) is 91.4 Å². The second kappa shape index (κ2) is 10.5. The first-order valence-electron chi connectivity index (χ1n) is 12.7. The van der Waals surface area contributed by atoms with Gasteiger partial charge in [-0.1, -0.05) is 12.1 Å². The molecule has 2 aromatic carbocycles. The van der Waals surface area contributed by atoms with Crippen LogP contribution in [0.15, 0.2) is 60.9 Å². The first kappa shape index (κ1) is 27.0. The van der Waals surface area contributed by atoms with Gasteiger partial charge in [0, 0.05) is 29.8 Å². The van der Waals surface area contributed by atoms with E-state index in [2.05, 4.69) is 21.7 Å². The summed E-state index contributed by atoms with van der Waals surface area (Å²) >= 11 is 0. The predicted octanol–water partition coefficient (Wildman–Crippen LogP) is 6.78. The first-order valence-corrected chi connectivity index (χ1v) is 12.7. The molecule has 7 nitrogen and oxygen atoms in total. The molecular weight excluding hydrogens is 526 g/mol. The number of hydrogen-bond acceptors (Lipinski definition) is 5. The summed E-state index contributed by atoms with van der Waals surface area (Å²) in [6, 6.07) is 14.4. The summed E-state index contributed by atoms with van der Waals surface area (Å²) in [6.07, 6.45) is -0.0716. The normalized spacial score (nSPS) is 14.3. The van der Waals surface area contributed by atoms with Crippen molar-refractivity contribution in [3.8, 4) is 28.8 Å². The Morgan fingerprint density at radius 1 is 1.18 bits per heavy atom. The number of pyridine rings is 1. The molecule has 4 aromatic rings. The highest BCUT2D eigenvalue weighted by Gasteiger charge is 2.39. The number of nitrogens with one attached hydrogen (secondary N) is 2. The van der Waals surface area contributed by atoms with Crippen LogP contribution in [0.5, 0.6) is 11.5 Å². The number of nitriles is 1. The lowest BCUT2D eigenvalue weighted by atomic mass is 9.78. The highest BCUT2D eigenvalue weighted by molar-refractivity contribution is 5.97. The van der Waals surface area contributed by atoms with Gasteiger partial charge in [-0.3, -0.25) is 9.20 Å². The number of amides is 1. The molecule has 1 aliphatic carbocycles. The van der Waals surface area contributed by atoms with Crippen LogP contribution in [0.4, 0.5) is 23.2 Å². The molecule has 0 aliphatic heterocycles. The van der Waals surface area contributed by atoms with Crippen LogP contribution in [-0.4, -0.2) is 33.6 Å². The third-order valence-electron chi connectivity index (χ3n) is 6.88. The molecule has 2 N–H and O–H groups in total. The summed E-state index contributed by atoms with van der Waals surface area (Å²) in [6.45, 7) is 1.40. The number of hydrogen-bond donors (Lipinski definition) is 2. The second-order valence-electron chi connectivity index (χ2n) is 9.81. The van der Waals surface area contributed by atoms with Crippen molar-refractivity contribution in [3.05, 3.63) is 77.9 Å². The van der Waals surface area contributed by atoms with Crippen LogP contribution >= 0.6 is 0 Å². The number of nitrogens with zero attached hydrogens (tertiary/aromatic N) is 3. The highest BCUT2D eigenvalue weighted by Crippen LogP contribution is 2.34. The van der Waals surface area contributed by atoms with Crippen molar-refractivity contribution in [2.45, 2.75) is 44.3 Å². The Kier molecular flexibility index (Phi) is 7.10. The minimum atomic E-state index is -4.34. The molecule has 1 saturated carbocycles. The molecule has 0 atom stereocenters. The van der Waals surface area contributed by atoms with Crippen molar-refractivity contribution in [2.75, 3.05) is 11.9 Å². The zero-order valence-corrected chi connectivity index (χ0v) is 21.5. The molecule has 206 valence electrons. The van der Waals surface area contributed by atoms with Crippen molar-refractivity contribution in [2.24, 2.45) is 0 Å².